The lowest BCUT2D eigenvalue weighted by Gasteiger charge is -2.18. The summed E-state index contributed by atoms with van der Waals surface area (Å²) in [6, 6.07) is 13.5. The Hall–Kier alpha value is -1.67. The van der Waals surface area contributed by atoms with Crippen LogP contribution in [0.1, 0.15) is 49.4 Å². The van der Waals surface area contributed by atoms with Gasteiger partial charge < -0.3 is 5.32 Å². The number of hydrogen-bond donors (Lipinski definition) is 1. The molecular weight excluding hydrogens is 244 g/mol. The van der Waals surface area contributed by atoms with Crippen LogP contribution in [0.4, 0.5) is 0 Å². The lowest BCUT2D eigenvalue weighted by Crippen LogP contribution is -2.22. The van der Waals surface area contributed by atoms with Crippen molar-refractivity contribution in [1.82, 2.24) is 10.3 Å². The first-order chi connectivity index (χ1) is 9.70. The molecule has 1 N–H and O–H groups in total. The summed E-state index contributed by atoms with van der Waals surface area (Å²) in [5, 5.41) is 3.56. The van der Waals surface area contributed by atoms with E-state index in [-0.39, 0.29) is 0 Å². The highest BCUT2D eigenvalue weighted by Crippen LogP contribution is 2.20. The van der Waals surface area contributed by atoms with Gasteiger partial charge >= 0.3 is 0 Å². The molecule has 0 aliphatic carbocycles. The van der Waals surface area contributed by atoms with Gasteiger partial charge in [-0.25, -0.2) is 0 Å². The van der Waals surface area contributed by atoms with Crippen molar-refractivity contribution < 1.29 is 0 Å². The molecule has 1 unspecified atom stereocenters. The number of likely N-dealkylation sites (N-methyl/N-ethyl adjacent to an activating group) is 1. The van der Waals surface area contributed by atoms with Gasteiger partial charge in [-0.1, -0.05) is 45.0 Å². The second-order valence-corrected chi connectivity index (χ2v) is 5.49. The standard InChI is InChI=1S/C18H24N2/c1-4-20-18(17-9-11-19-12-10-17)13-15-5-7-16(8-6-15)14(2)3/h5-12,14,18,20H,4,13H2,1-3H3. The van der Waals surface area contributed by atoms with E-state index in [1.165, 1.54) is 16.7 Å². The maximum atomic E-state index is 4.10. The molecule has 0 amide bonds. The van der Waals surface area contributed by atoms with E-state index in [1.807, 2.05) is 12.4 Å². The topological polar surface area (TPSA) is 24.9 Å². The van der Waals surface area contributed by atoms with Crippen molar-refractivity contribution in [3.05, 3.63) is 65.5 Å². The van der Waals surface area contributed by atoms with Crippen molar-refractivity contribution in [2.24, 2.45) is 0 Å². The molecule has 2 heteroatoms. The highest BCUT2D eigenvalue weighted by Gasteiger charge is 2.11. The highest BCUT2D eigenvalue weighted by atomic mass is 14.9. The molecule has 2 rings (SSSR count). The van der Waals surface area contributed by atoms with Gasteiger partial charge in [0, 0.05) is 18.4 Å². The fraction of sp³-hybridized carbons (Fsp3) is 0.389. The molecule has 2 aromatic rings. The second kappa shape index (κ2) is 7.20. The molecule has 0 aliphatic rings. The Balaban J connectivity index is 2.12. The molecule has 0 spiro atoms. The Bertz CT molecular complexity index is 503. The van der Waals surface area contributed by atoms with Gasteiger partial charge in [0.25, 0.3) is 0 Å². The van der Waals surface area contributed by atoms with E-state index < -0.39 is 0 Å². The number of nitrogens with one attached hydrogen (secondary N) is 1. The van der Waals surface area contributed by atoms with Gasteiger partial charge in [-0.3, -0.25) is 4.98 Å². The average Bonchev–Trinajstić information content (AvgIpc) is 2.48. The van der Waals surface area contributed by atoms with Crippen LogP contribution >= 0.6 is 0 Å². The van der Waals surface area contributed by atoms with Gasteiger partial charge in [-0.05, 0) is 47.7 Å². The van der Waals surface area contributed by atoms with Crippen LogP contribution in [0.15, 0.2) is 48.8 Å². The maximum absolute atomic E-state index is 4.10. The number of pyridine rings is 1. The normalized spacial score (nSPS) is 12.6. The molecule has 0 bridgehead atoms. The van der Waals surface area contributed by atoms with E-state index in [9.17, 15) is 0 Å². The predicted molar refractivity (Wildman–Crippen MR) is 84.9 cm³/mol. The fourth-order valence-electron chi connectivity index (χ4n) is 2.42. The number of benzene rings is 1. The fourth-order valence-corrected chi connectivity index (χ4v) is 2.42. The van der Waals surface area contributed by atoms with Crippen LogP contribution in [0.25, 0.3) is 0 Å². The third-order valence-electron chi connectivity index (χ3n) is 3.65. The van der Waals surface area contributed by atoms with Crippen LogP contribution in [-0.4, -0.2) is 11.5 Å². The first-order valence-electron chi connectivity index (χ1n) is 7.42. The van der Waals surface area contributed by atoms with E-state index in [1.54, 1.807) is 0 Å². The van der Waals surface area contributed by atoms with Crippen molar-refractivity contribution >= 4 is 0 Å². The molecule has 0 radical (unpaired) electrons. The monoisotopic (exact) mass is 268 g/mol. The number of aromatic nitrogens is 1. The quantitative estimate of drug-likeness (QED) is 0.853. The van der Waals surface area contributed by atoms with Crippen molar-refractivity contribution in [2.45, 2.75) is 39.2 Å². The lowest BCUT2D eigenvalue weighted by molar-refractivity contribution is 0.549. The Morgan fingerprint density at radius 1 is 0.950 bits per heavy atom. The van der Waals surface area contributed by atoms with E-state index in [0.29, 0.717) is 12.0 Å². The molecule has 20 heavy (non-hydrogen) atoms. The summed E-state index contributed by atoms with van der Waals surface area (Å²) in [4.78, 5) is 4.10. The molecule has 0 saturated carbocycles. The summed E-state index contributed by atoms with van der Waals surface area (Å²) in [5.74, 6) is 0.591. The van der Waals surface area contributed by atoms with Gasteiger partial charge in [0.15, 0.2) is 0 Å². The van der Waals surface area contributed by atoms with Gasteiger partial charge in [-0.2, -0.15) is 0 Å². The highest BCUT2D eigenvalue weighted by molar-refractivity contribution is 5.27. The van der Waals surface area contributed by atoms with E-state index in [2.05, 4.69) is 67.5 Å². The molecule has 106 valence electrons. The van der Waals surface area contributed by atoms with Crippen molar-refractivity contribution in [1.29, 1.82) is 0 Å². The zero-order valence-electron chi connectivity index (χ0n) is 12.6. The van der Waals surface area contributed by atoms with E-state index in [4.69, 9.17) is 0 Å². The summed E-state index contributed by atoms with van der Waals surface area (Å²) >= 11 is 0. The molecule has 1 heterocycles. The maximum Gasteiger partial charge on any atom is 0.0361 e. The second-order valence-electron chi connectivity index (χ2n) is 5.49. The van der Waals surface area contributed by atoms with Crippen LogP contribution in [0.5, 0.6) is 0 Å². The van der Waals surface area contributed by atoms with Crippen LogP contribution in [0.3, 0.4) is 0 Å². The molecule has 1 atom stereocenters. The number of nitrogens with zero attached hydrogens (tertiary/aromatic N) is 1. The Morgan fingerprint density at radius 3 is 2.15 bits per heavy atom. The largest absolute Gasteiger partial charge is 0.310 e. The van der Waals surface area contributed by atoms with Gasteiger partial charge in [0.05, 0.1) is 0 Å². The Labute approximate surface area is 122 Å². The number of hydrogen-bond acceptors (Lipinski definition) is 2. The minimum atomic E-state index is 0.355. The Morgan fingerprint density at radius 2 is 1.60 bits per heavy atom. The molecule has 1 aromatic carbocycles. The minimum Gasteiger partial charge on any atom is -0.310 e. The first kappa shape index (κ1) is 14.7. The van der Waals surface area contributed by atoms with E-state index >= 15 is 0 Å². The van der Waals surface area contributed by atoms with Gasteiger partial charge in [0.2, 0.25) is 0 Å². The number of rotatable bonds is 6. The predicted octanol–water partition coefficient (Wildman–Crippen LogP) is 4.10. The SMILES string of the molecule is CCNC(Cc1ccc(C(C)C)cc1)c1ccncc1. The van der Waals surface area contributed by atoms with Gasteiger partial charge in [-0.15, -0.1) is 0 Å². The van der Waals surface area contributed by atoms with Crippen LogP contribution in [0, 0.1) is 0 Å². The Kier molecular flexibility index (Phi) is 5.31. The molecule has 1 aromatic heterocycles. The summed E-state index contributed by atoms with van der Waals surface area (Å²) in [5.41, 5.74) is 4.07. The van der Waals surface area contributed by atoms with Crippen LogP contribution in [0.2, 0.25) is 0 Å². The van der Waals surface area contributed by atoms with Crippen molar-refractivity contribution in [2.75, 3.05) is 6.54 Å². The molecule has 2 nitrogen and oxygen atoms in total. The van der Waals surface area contributed by atoms with E-state index in [0.717, 1.165) is 13.0 Å². The third kappa shape index (κ3) is 3.91. The zero-order valence-corrected chi connectivity index (χ0v) is 12.6. The summed E-state index contributed by atoms with van der Waals surface area (Å²) in [7, 11) is 0. The van der Waals surface area contributed by atoms with Crippen molar-refractivity contribution in [3.63, 3.8) is 0 Å². The molecule has 0 aliphatic heterocycles. The summed E-state index contributed by atoms with van der Waals surface area (Å²) < 4.78 is 0. The minimum absolute atomic E-state index is 0.355. The third-order valence-corrected chi connectivity index (χ3v) is 3.65. The molecule has 0 saturated heterocycles. The van der Waals surface area contributed by atoms with Crippen molar-refractivity contribution in [3.8, 4) is 0 Å². The van der Waals surface area contributed by atoms with Gasteiger partial charge in [0.1, 0.15) is 0 Å². The van der Waals surface area contributed by atoms with Crippen LogP contribution in [-0.2, 0) is 6.42 Å². The first-order valence-corrected chi connectivity index (χ1v) is 7.42. The zero-order chi connectivity index (χ0) is 14.4. The molecular formula is C18H24N2. The average molecular weight is 268 g/mol. The lowest BCUT2D eigenvalue weighted by atomic mass is 9.96. The summed E-state index contributed by atoms with van der Waals surface area (Å²) in [6.45, 7) is 7.58. The molecule has 0 fully saturated rings. The summed E-state index contributed by atoms with van der Waals surface area (Å²) in [6.07, 6.45) is 4.74. The van der Waals surface area contributed by atoms with Crippen LogP contribution < -0.4 is 5.32 Å². The smallest absolute Gasteiger partial charge is 0.0361 e.